The number of nitrogens with one attached hydrogen (secondary N) is 1. The van der Waals surface area contributed by atoms with Gasteiger partial charge in [0.15, 0.2) is 5.69 Å². The van der Waals surface area contributed by atoms with Gasteiger partial charge in [-0.1, -0.05) is 29.3 Å². The molecule has 0 saturated heterocycles. The first-order valence-corrected chi connectivity index (χ1v) is 9.17. The van der Waals surface area contributed by atoms with Gasteiger partial charge in [0.1, 0.15) is 0 Å². The largest absolute Gasteiger partial charge is 0.325 e. The number of nitrogens with two attached hydrogens (primary N) is 1. The molecule has 0 fully saturated rings. The van der Waals surface area contributed by atoms with Crippen molar-refractivity contribution in [2.75, 3.05) is 0 Å². The van der Waals surface area contributed by atoms with E-state index in [0.717, 1.165) is 33.5 Å². The number of aromatic amines is 1. The lowest BCUT2D eigenvalue weighted by Crippen LogP contribution is -2.13. The number of hydrogen-bond acceptors (Lipinski definition) is 4. The van der Waals surface area contributed by atoms with Gasteiger partial charge in [-0.05, 0) is 31.5 Å². The Bertz CT molecular complexity index is 1360. The molecule has 0 aliphatic carbocycles. The van der Waals surface area contributed by atoms with Crippen LogP contribution in [0.2, 0.25) is 0 Å². The number of aromatic nitrogens is 4. The minimum Gasteiger partial charge on any atom is -0.325 e. The van der Waals surface area contributed by atoms with E-state index in [0.29, 0.717) is 22.2 Å². The van der Waals surface area contributed by atoms with Crippen molar-refractivity contribution >= 4 is 16.5 Å². The molecule has 29 heavy (non-hydrogen) atoms. The molecule has 0 radical (unpaired) electrons. The van der Waals surface area contributed by atoms with Crippen molar-refractivity contribution in [2.24, 2.45) is 12.8 Å². The molecule has 4 aromatic rings. The predicted octanol–water partition coefficient (Wildman–Crippen LogP) is 3.62. The molecular weight excluding hydrogens is 364 g/mol. The van der Waals surface area contributed by atoms with Gasteiger partial charge < -0.3 is 5.73 Å². The average Bonchev–Trinajstić information content (AvgIpc) is 3.11. The van der Waals surface area contributed by atoms with Crippen molar-refractivity contribution in [3.8, 4) is 22.4 Å². The van der Waals surface area contributed by atoms with E-state index in [1.54, 1.807) is 16.9 Å². The first kappa shape index (κ1) is 18.6. The molecule has 0 atom stereocenters. The third-order valence-electron chi connectivity index (χ3n) is 5.30. The summed E-state index contributed by atoms with van der Waals surface area (Å²) in [6.45, 7) is 11.9. The van der Waals surface area contributed by atoms with E-state index in [9.17, 15) is 4.79 Å². The van der Waals surface area contributed by atoms with Crippen LogP contribution in [0, 0.1) is 20.4 Å². The van der Waals surface area contributed by atoms with Gasteiger partial charge in [0.25, 0.3) is 5.56 Å². The van der Waals surface area contributed by atoms with E-state index in [2.05, 4.69) is 20.1 Å². The number of benzene rings is 2. The zero-order valence-electron chi connectivity index (χ0n) is 16.4. The maximum atomic E-state index is 12.1. The second-order valence-electron chi connectivity index (χ2n) is 7.06. The summed E-state index contributed by atoms with van der Waals surface area (Å²) in [5, 5.41) is 12.3. The van der Waals surface area contributed by atoms with E-state index in [4.69, 9.17) is 12.3 Å². The van der Waals surface area contributed by atoms with Crippen molar-refractivity contribution in [2.45, 2.75) is 20.4 Å². The van der Waals surface area contributed by atoms with Crippen molar-refractivity contribution in [1.82, 2.24) is 20.0 Å². The molecule has 2 aromatic carbocycles. The fourth-order valence-corrected chi connectivity index (χ4v) is 3.59. The topological polar surface area (TPSA) is 93.9 Å². The highest BCUT2D eigenvalue weighted by molar-refractivity contribution is 5.93. The molecule has 7 heteroatoms. The van der Waals surface area contributed by atoms with Crippen molar-refractivity contribution in [1.29, 1.82) is 0 Å². The van der Waals surface area contributed by atoms with Crippen LogP contribution >= 0.6 is 0 Å². The van der Waals surface area contributed by atoms with Crippen LogP contribution in [0.3, 0.4) is 0 Å². The lowest BCUT2D eigenvalue weighted by molar-refractivity contribution is 0.776. The summed E-state index contributed by atoms with van der Waals surface area (Å²) in [5.41, 5.74) is 12.4. The average molecular weight is 384 g/mol. The Morgan fingerprint density at radius 2 is 1.90 bits per heavy atom. The molecule has 7 nitrogen and oxygen atoms in total. The highest BCUT2D eigenvalue weighted by Gasteiger charge is 2.18. The second kappa shape index (κ2) is 7.00. The van der Waals surface area contributed by atoms with Gasteiger partial charge >= 0.3 is 0 Å². The summed E-state index contributed by atoms with van der Waals surface area (Å²) >= 11 is 0. The summed E-state index contributed by atoms with van der Waals surface area (Å²) in [4.78, 5) is 15.9. The number of hydrogen-bond donors (Lipinski definition) is 2. The van der Waals surface area contributed by atoms with Crippen LogP contribution in [-0.2, 0) is 13.6 Å². The normalized spacial score (nSPS) is 11.0. The Morgan fingerprint density at radius 3 is 2.62 bits per heavy atom. The highest BCUT2D eigenvalue weighted by Crippen LogP contribution is 2.39. The smallest absolute Gasteiger partial charge is 0.272 e. The molecule has 0 saturated carbocycles. The van der Waals surface area contributed by atoms with Crippen LogP contribution in [-0.4, -0.2) is 20.0 Å². The molecule has 3 N–H and O–H groups in total. The highest BCUT2D eigenvalue weighted by atomic mass is 16.1. The molecule has 0 amide bonds. The summed E-state index contributed by atoms with van der Waals surface area (Å²) in [6, 6.07) is 9.51. The van der Waals surface area contributed by atoms with Gasteiger partial charge in [0, 0.05) is 30.1 Å². The van der Waals surface area contributed by atoms with Gasteiger partial charge in [-0.3, -0.25) is 9.48 Å². The molecule has 2 aromatic heterocycles. The minimum atomic E-state index is -0.250. The van der Waals surface area contributed by atoms with Gasteiger partial charge in [0.2, 0.25) is 0 Å². The maximum absolute atomic E-state index is 12.1. The summed E-state index contributed by atoms with van der Waals surface area (Å²) in [6.07, 6.45) is 1.78. The minimum absolute atomic E-state index is 0.218. The third-order valence-corrected chi connectivity index (χ3v) is 5.30. The van der Waals surface area contributed by atoms with E-state index < -0.39 is 0 Å². The molecule has 0 bridgehead atoms. The fraction of sp³-hybridized carbons (Fsp3) is 0.182. The van der Waals surface area contributed by atoms with Gasteiger partial charge in [-0.25, -0.2) is 9.94 Å². The first-order valence-electron chi connectivity index (χ1n) is 9.17. The zero-order chi connectivity index (χ0) is 20.7. The Hall–Kier alpha value is -3.76. The predicted molar refractivity (Wildman–Crippen MR) is 114 cm³/mol. The number of rotatable bonds is 3. The van der Waals surface area contributed by atoms with E-state index in [-0.39, 0.29) is 12.1 Å². The van der Waals surface area contributed by atoms with Crippen molar-refractivity contribution < 1.29 is 0 Å². The van der Waals surface area contributed by atoms with Crippen LogP contribution in [0.1, 0.15) is 16.8 Å². The van der Waals surface area contributed by atoms with Gasteiger partial charge in [-0.2, -0.15) is 10.2 Å². The van der Waals surface area contributed by atoms with E-state index in [1.165, 1.54) is 0 Å². The fourth-order valence-electron chi connectivity index (χ4n) is 3.59. The standard InChI is InChI=1S/C22H20N6O/c1-12-7-17(19(24-3)8-13(12)2)21-18(11-25-28(21)4)14-5-6-15-16(9-14)20(10-23)26-27-22(15)29/h5-9,11H,10,23H2,1-2,4H3,(H,27,29). The van der Waals surface area contributed by atoms with Crippen LogP contribution < -0.4 is 11.3 Å². The molecule has 2 heterocycles. The molecule has 0 aliphatic rings. The third kappa shape index (κ3) is 3.00. The molecule has 4 rings (SSSR count). The summed E-state index contributed by atoms with van der Waals surface area (Å²) in [7, 11) is 1.86. The van der Waals surface area contributed by atoms with Gasteiger partial charge in [-0.15, -0.1) is 0 Å². The first-order chi connectivity index (χ1) is 13.9. The number of fused-ring (bicyclic) bond motifs is 1. The summed E-state index contributed by atoms with van der Waals surface area (Å²) in [5.74, 6) is 0. The maximum Gasteiger partial charge on any atom is 0.272 e. The number of aryl methyl sites for hydroxylation is 3. The van der Waals surface area contributed by atoms with Crippen LogP contribution in [0.5, 0.6) is 0 Å². The number of nitrogens with zero attached hydrogens (tertiary/aromatic N) is 4. The van der Waals surface area contributed by atoms with Gasteiger partial charge in [0.05, 0.1) is 29.5 Å². The van der Waals surface area contributed by atoms with Crippen molar-refractivity contribution in [3.63, 3.8) is 0 Å². The molecular formula is C22H20N6O. The molecule has 0 spiro atoms. The van der Waals surface area contributed by atoms with E-state index in [1.807, 2.05) is 45.2 Å². The Morgan fingerprint density at radius 1 is 1.14 bits per heavy atom. The Kier molecular flexibility index (Phi) is 4.49. The Labute approximate surface area is 167 Å². The quantitative estimate of drug-likeness (QED) is 0.528. The Balaban J connectivity index is 2.00. The lowest BCUT2D eigenvalue weighted by Gasteiger charge is -2.12. The zero-order valence-corrected chi connectivity index (χ0v) is 16.4. The van der Waals surface area contributed by atoms with E-state index >= 15 is 0 Å². The lowest BCUT2D eigenvalue weighted by atomic mass is 9.95. The van der Waals surface area contributed by atoms with Crippen LogP contribution in [0.15, 0.2) is 41.3 Å². The monoisotopic (exact) mass is 384 g/mol. The second-order valence-corrected chi connectivity index (χ2v) is 7.06. The summed E-state index contributed by atoms with van der Waals surface area (Å²) < 4.78 is 1.78. The molecule has 144 valence electrons. The van der Waals surface area contributed by atoms with Crippen LogP contribution in [0.25, 0.3) is 38.0 Å². The SMILES string of the molecule is [C-]#[N+]c1cc(C)c(C)cc1-c1c(-c2ccc3c(=O)[nH]nc(CN)c3c2)cnn1C. The molecule has 0 aliphatic heterocycles. The van der Waals surface area contributed by atoms with Crippen molar-refractivity contribution in [3.05, 3.63) is 75.1 Å². The van der Waals surface area contributed by atoms with Crippen LogP contribution in [0.4, 0.5) is 5.69 Å². The molecule has 0 unspecified atom stereocenters. The number of H-pyrrole nitrogens is 1.